The Balaban J connectivity index is 2.06. The van der Waals surface area contributed by atoms with Gasteiger partial charge in [0.25, 0.3) is 5.56 Å². The van der Waals surface area contributed by atoms with Crippen molar-refractivity contribution >= 4 is 34.0 Å². The van der Waals surface area contributed by atoms with E-state index in [1.807, 2.05) is 6.92 Å². The lowest BCUT2D eigenvalue weighted by Gasteiger charge is -2.15. The van der Waals surface area contributed by atoms with Crippen molar-refractivity contribution in [3.8, 4) is 0 Å². The average molecular weight is 401 g/mol. The van der Waals surface area contributed by atoms with Crippen molar-refractivity contribution in [1.29, 1.82) is 0 Å². The number of anilines is 2. The third-order valence-electron chi connectivity index (χ3n) is 3.64. The molecule has 0 aromatic carbocycles. The second-order valence-electron chi connectivity index (χ2n) is 5.69. The van der Waals surface area contributed by atoms with Gasteiger partial charge in [0, 0.05) is 18.8 Å². The number of H-pyrrole nitrogens is 1. The van der Waals surface area contributed by atoms with E-state index in [1.54, 1.807) is 0 Å². The molecule has 0 amide bonds. The first-order valence-electron chi connectivity index (χ1n) is 8.48. The normalized spacial score (nSPS) is 12.3. The van der Waals surface area contributed by atoms with Gasteiger partial charge in [0.2, 0.25) is 5.13 Å². The molecular weight excluding hydrogens is 376 g/mol. The number of nitrogen functional groups attached to an aromatic ring is 1. The van der Waals surface area contributed by atoms with Crippen LogP contribution in [0, 0.1) is 0 Å². The molecule has 0 aliphatic carbocycles. The number of unbranched alkanes of at least 4 members (excludes halogenated alkanes) is 1. The number of hydrogen-bond acceptors (Lipinski definition) is 9. The van der Waals surface area contributed by atoms with Gasteiger partial charge in [0.1, 0.15) is 5.82 Å². The Bertz CT molecular complexity index is 832. The minimum Gasteiger partial charge on any atom is -0.387 e. The first kappa shape index (κ1) is 20.5. The van der Waals surface area contributed by atoms with Crippen LogP contribution in [0.1, 0.15) is 44.8 Å². The fraction of sp³-hybridized carbons (Fsp3) is 0.600. The third-order valence-corrected chi connectivity index (χ3v) is 5.73. The van der Waals surface area contributed by atoms with Crippen molar-refractivity contribution in [1.82, 2.24) is 19.7 Å². The lowest BCUT2D eigenvalue weighted by atomic mass is 10.2. The van der Waals surface area contributed by atoms with Crippen molar-refractivity contribution < 1.29 is 5.11 Å². The molecule has 0 saturated carbocycles. The number of nitrogens with zero attached hydrogens (tertiary/aromatic N) is 3. The molecule has 0 aliphatic rings. The van der Waals surface area contributed by atoms with Crippen LogP contribution in [0.4, 0.5) is 10.9 Å². The Morgan fingerprint density at radius 2 is 2.12 bits per heavy atom. The Morgan fingerprint density at radius 1 is 1.35 bits per heavy atom. The Hall–Kier alpha value is -1.85. The van der Waals surface area contributed by atoms with Gasteiger partial charge in [-0.2, -0.15) is 0 Å². The van der Waals surface area contributed by atoms with E-state index in [9.17, 15) is 14.7 Å². The summed E-state index contributed by atoms with van der Waals surface area (Å²) < 4.78 is 1.95. The molecule has 1 unspecified atom stereocenters. The fourth-order valence-electron chi connectivity index (χ4n) is 2.32. The lowest BCUT2D eigenvalue weighted by Crippen LogP contribution is -2.36. The minimum absolute atomic E-state index is 0.00730. The molecule has 0 fully saturated rings. The highest BCUT2D eigenvalue weighted by Gasteiger charge is 2.20. The van der Waals surface area contributed by atoms with Gasteiger partial charge in [0.05, 0.1) is 11.7 Å². The molecule has 9 nitrogen and oxygen atoms in total. The SMILES string of the molecule is CCCCNc1nnc(SCC(O)c2c(N)n(CCC)c(=O)[nH]c2=O)s1. The van der Waals surface area contributed by atoms with Crippen LogP contribution in [-0.2, 0) is 6.54 Å². The highest BCUT2D eigenvalue weighted by atomic mass is 32.2. The van der Waals surface area contributed by atoms with Gasteiger partial charge in [0.15, 0.2) is 4.34 Å². The molecule has 11 heteroatoms. The molecule has 2 aromatic rings. The smallest absolute Gasteiger partial charge is 0.329 e. The molecule has 0 radical (unpaired) electrons. The molecule has 144 valence electrons. The average Bonchev–Trinajstić information content (AvgIpc) is 3.04. The fourth-order valence-corrected chi connectivity index (χ4v) is 4.06. The summed E-state index contributed by atoms with van der Waals surface area (Å²) in [5, 5.41) is 22.4. The zero-order valence-corrected chi connectivity index (χ0v) is 16.5. The number of nitrogens with two attached hydrogens (primary N) is 1. The molecule has 0 spiro atoms. The van der Waals surface area contributed by atoms with Crippen LogP contribution >= 0.6 is 23.1 Å². The summed E-state index contributed by atoms with van der Waals surface area (Å²) in [5.74, 6) is 0.189. The summed E-state index contributed by atoms with van der Waals surface area (Å²) >= 11 is 2.67. The van der Waals surface area contributed by atoms with Crippen LogP contribution in [0.2, 0.25) is 0 Å². The van der Waals surface area contributed by atoms with Gasteiger partial charge in [-0.3, -0.25) is 14.3 Å². The molecular formula is C15H24N6O3S2. The van der Waals surface area contributed by atoms with Gasteiger partial charge in [-0.25, -0.2) is 4.79 Å². The van der Waals surface area contributed by atoms with Crippen molar-refractivity contribution in [3.05, 3.63) is 26.4 Å². The first-order valence-corrected chi connectivity index (χ1v) is 10.3. The van der Waals surface area contributed by atoms with Gasteiger partial charge in [-0.15, -0.1) is 10.2 Å². The highest BCUT2D eigenvalue weighted by molar-refractivity contribution is 8.01. The number of rotatable bonds is 10. The largest absolute Gasteiger partial charge is 0.387 e. The van der Waals surface area contributed by atoms with Crippen LogP contribution < -0.4 is 22.3 Å². The van der Waals surface area contributed by atoms with E-state index in [1.165, 1.54) is 27.7 Å². The van der Waals surface area contributed by atoms with Crippen molar-refractivity contribution in [2.24, 2.45) is 0 Å². The van der Waals surface area contributed by atoms with Gasteiger partial charge in [-0.1, -0.05) is 43.4 Å². The Kier molecular flexibility index (Phi) is 7.66. The molecule has 2 heterocycles. The number of thioether (sulfide) groups is 1. The van der Waals surface area contributed by atoms with Crippen molar-refractivity contribution in [2.75, 3.05) is 23.3 Å². The van der Waals surface area contributed by atoms with Crippen LogP contribution in [0.5, 0.6) is 0 Å². The number of hydrogen-bond donors (Lipinski definition) is 4. The highest BCUT2D eigenvalue weighted by Crippen LogP contribution is 2.29. The second-order valence-corrected chi connectivity index (χ2v) is 7.93. The standard InChI is InChI=1S/C15H24N6O3S2/c1-3-5-6-17-13-19-20-15(26-13)25-8-9(22)10-11(16)21(7-4-2)14(24)18-12(10)23/h9,22H,3-8,16H2,1-2H3,(H,17,19)(H,18,23,24). The number of aliphatic hydroxyl groups is 1. The molecule has 2 aromatic heterocycles. The number of aliphatic hydroxyl groups excluding tert-OH is 1. The molecule has 26 heavy (non-hydrogen) atoms. The maximum atomic E-state index is 12.1. The van der Waals surface area contributed by atoms with Crippen molar-refractivity contribution in [3.63, 3.8) is 0 Å². The van der Waals surface area contributed by atoms with E-state index in [0.29, 0.717) is 17.3 Å². The molecule has 0 bridgehead atoms. The number of aromatic nitrogens is 4. The van der Waals surface area contributed by atoms with Gasteiger partial charge in [-0.05, 0) is 12.8 Å². The maximum Gasteiger partial charge on any atom is 0.329 e. The minimum atomic E-state index is -1.12. The van der Waals surface area contributed by atoms with E-state index in [0.717, 1.165) is 24.5 Å². The summed E-state index contributed by atoms with van der Waals surface area (Å²) in [7, 11) is 0. The predicted molar refractivity (Wildman–Crippen MR) is 105 cm³/mol. The first-order chi connectivity index (χ1) is 12.5. The lowest BCUT2D eigenvalue weighted by molar-refractivity contribution is 0.202. The van der Waals surface area contributed by atoms with Crippen LogP contribution in [0.3, 0.4) is 0 Å². The summed E-state index contributed by atoms with van der Waals surface area (Å²) in [6.07, 6.45) is 1.71. The Morgan fingerprint density at radius 3 is 2.81 bits per heavy atom. The van der Waals surface area contributed by atoms with Gasteiger partial charge >= 0.3 is 5.69 Å². The molecule has 0 saturated heterocycles. The number of aromatic amines is 1. The van der Waals surface area contributed by atoms with E-state index in [4.69, 9.17) is 5.73 Å². The number of nitrogens with one attached hydrogen (secondary N) is 2. The molecule has 0 aliphatic heterocycles. The van der Waals surface area contributed by atoms with E-state index < -0.39 is 17.4 Å². The second kappa shape index (κ2) is 9.74. The van der Waals surface area contributed by atoms with E-state index in [2.05, 4.69) is 27.4 Å². The maximum absolute atomic E-state index is 12.1. The summed E-state index contributed by atoms with van der Waals surface area (Å²) in [4.78, 5) is 26.1. The van der Waals surface area contributed by atoms with Crippen LogP contribution in [0.25, 0.3) is 0 Å². The molecule has 5 N–H and O–H groups in total. The third kappa shape index (κ3) is 5.08. The molecule has 2 rings (SSSR count). The summed E-state index contributed by atoms with van der Waals surface area (Å²) in [6, 6.07) is 0. The Labute approximate surface area is 159 Å². The van der Waals surface area contributed by atoms with E-state index in [-0.39, 0.29) is 17.1 Å². The van der Waals surface area contributed by atoms with Crippen LogP contribution in [-0.4, -0.2) is 37.2 Å². The monoisotopic (exact) mass is 400 g/mol. The summed E-state index contributed by atoms with van der Waals surface area (Å²) in [5.41, 5.74) is 4.74. The quantitative estimate of drug-likeness (QED) is 0.347. The van der Waals surface area contributed by atoms with Crippen LogP contribution in [0.15, 0.2) is 13.9 Å². The van der Waals surface area contributed by atoms with E-state index >= 15 is 0 Å². The van der Waals surface area contributed by atoms with Gasteiger partial charge < -0.3 is 16.2 Å². The molecule has 1 atom stereocenters. The topological polar surface area (TPSA) is 139 Å². The predicted octanol–water partition coefficient (Wildman–Crippen LogP) is 1.42. The zero-order chi connectivity index (χ0) is 19.1. The van der Waals surface area contributed by atoms with Crippen molar-refractivity contribution in [2.45, 2.75) is 50.1 Å². The summed E-state index contributed by atoms with van der Waals surface area (Å²) in [6.45, 7) is 5.22. The zero-order valence-electron chi connectivity index (χ0n) is 14.8.